The molecule has 1 heterocycles. The molecule has 2 aromatic carbocycles. The number of fused-ring (bicyclic) bond motifs is 1. The molecular weight excluding hydrogens is 368 g/mol. The van der Waals surface area contributed by atoms with Crippen LogP contribution in [0.25, 0.3) is 0 Å². The van der Waals surface area contributed by atoms with Crippen LogP contribution in [0.15, 0.2) is 42.5 Å². The largest absolute Gasteiger partial charge is 0.493 e. The second-order valence-electron chi connectivity index (χ2n) is 7.07. The molecule has 6 heteroatoms. The van der Waals surface area contributed by atoms with E-state index in [2.05, 4.69) is 11.4 Å². The van der Waals surface area contributed by atoms with Crippen molar-refractivity contribution in [3.05, 3.63) is 53.6 Å². The minimum atomic E-state index is -0.0633. The van der Waals surface area contributed by atoms with Crippen molar-refractivity contribution >= 4 is 17.5 Å². The molecular formula is C23H28N2O4. The number of amides is 2. The molecule has 0 spiro atoms. The number of carbonyl (C=O) groups excluding carboxylic acids is 2. The maximum Gasteiger partial charge on any atom is 0.228 e. The SMILES string of the molecule is COc1ccc(CCC(=O)NCCC(=O)N2CCCc3ccccc32)cc1OC. The van der Waals surface area contributed by atoms with Crippen molar-refractivity contribution in [1.82, 2.24) is 5.32 Å². The number of ether oxygens (including phenoxy) is 2. The first kappa shape index (κ1) is 20.7. The summed E-state index contributed by atoms with van der Waals surface area (Å²) >= 11 is 0. The number of nitrogens with zero attached hydrogens (tertiary/aromatic N) is 1. The Morgan fingerprint density at radius 3 is 2.62 bits per heavy atom. The number of nitrogens with one attached hydrogen (secondary N) is 1. The van der Waals surface area contributed by atoms with Crippen molar-refractivity contribution in [3.8, 4) is 11.5 Å². The highest BCUT2D eigenvalue weighted by Crippen LogP contribution is 2.28. The van der Waals surface area contributed by atoms with Gasteiger partial charge in [-0.15, -0.1) is 0 Å². The molecule has 0 saturated carbocycles. The zero-order valence-electron chi connectivity index (χ0n) is 17.1. The molecule has 1 aliphatic rings. The normalized spacial score (nSPS) is 12.8. The Kier molecular flexibility index (Phi) is 7.11. The molecule has 0 unspecified atom stereocenters. The fourth-order valence-electron chi connectivity index (χ4n) is 3.62. The Hall–Kier alpha value is -3.02. The van der Waals surface area contributed by atoms with Crippen LogP contribution in [0.4, 0.5) is 5.69 Å². The highest BCUT2D eigenvalue weighted by Gasteiger charge is 2.21. The number of methoxy groups -OCH3 is 2. The van der Waals surface area contributed by atoms with E-state index in [-0.39, 0.29) is 11.8 Å². The molecule has 154 valence electrons. The fraction of sp³-hybridized carbons (Fsp3) is 0.391. The lowest BCUT2D eigenvalue weighted by Crippen LogP contribution is -2.37. The lowest BCUT2D eigenvalue weighted by Gasteiger charge is -2.29. The first-order valence-electron chi connectivity index (χ1n) is 9.98. The van der Waals surface area contributed by atoms with Crippen LogP contribution in [0, 0.1) is 0 Å². The molecule has 0 radical (unpaired) electrons. The molecule has 1 aliphatic heterocycles. The lowest BCUT2D eigenvalue weighted by atomic mass is 10.0. The van der Waals surface area contributed by atoms with Crippen LogP contribution in [0.1, 0.15) is 30.4 Å². The first-order valence-corrected chi connectivity index (χ1v) is 9.98. The summed E-state index contributed by atoms with van der Waals surface area (Å²) in [5.41, 5.74) is 3.22. The van der Waals surface area contributed by atoms with E-state index in [4.69, 9.17) is 9.47 Å². The maximum absolute atomic E-state index is 12.6. The van der Waals surface area contributed by atoms with Crippen molar-refractivity contribution in [3.63, 3.8) is 0 Å². The van der Waals surface area contributed by atoms with Crippen molar-refractivity contribution in [2.45, 2.75) is 32.1 Å². The minimum Gasteiger partial charge on any atom is -0.493 e. The predicted molar refractivity (Wildman–Crippen MR) is 113 cm³/mol. The van der Waals surface area contributed by atoms with Crippen LogP contribution in [0.2, 0.25) is 0 Å². The van der Waals surface area contributed by atoms with E-state index in [1.807, 2.05) is 41.3 Å². The van der Waals surface area contributed by atoms with E-state index in [0.717, 1.165) is 30.6 Å². The quantitative estimate of drug-likeness (QED) is 0.744. The molecule has 0 aliphatic carbocycles. The minimum absolute atomic E-state index is 0.0531. The molecule has 1 N–H and O–H groups in total. The van der Waals surface area contributed by atoms with Gasteiger partial charge in [-0.2, -0.15) is 0 Å². The van der Waals surface area contributed by atoms with Gasteiger partial charge in [0.15, 0.2) is 11.5 Å². The summed E-state index contributed by atoms with van der Waals surface area (Å²) in [6, 6.07) is 13.7. The molecule has 29 heavy (non-hydrogen) atoms. The highest BCUT2D eigenvalue weighted by molar-refractivity contribution is 5.94. The summed E-state index contributed by atoms with van der Waals surface area (Å²) in [5.74, 6) is 1.31. The van der Waals surface area contributed by atoms with E-state index in [1.165, 1.54) is 5.56 Å². The third-order valence-corrected chi connectivity index (χ3v) is 5.16. The number of hydrogen-bond donors (Lipinski definition) is 1. The topological polar surface area (TPSA) is 67.9 Å². The van der Waals surface area contributed by atoms with Crippen LogP contribution < -0.4 is 19.7 Å². The van der Waals surface area contributed by atoms with Gasteiger partial charge in [-0.25, -0.2) is 0 Å². The van der Waals surface area contributed by atoms with Crippen molar-refractivity contribution in [2.24, 2.45) is 0 Å². The monoisotopic (exact) mass is 396 g/mol. The van der Waals surface area contributed by atoms with Crippen LogP contribution in [-0.4, -0.2) is 39.1 Å². The van der Waals surface area contributed by atoms with E-state index in [1.54, 1.807) is 14.2 Å². The zero-order chi connectivity index (χ0) is 20.6. The summed E-state index contributed by atoms with van der Waals surface area (Å²) in [6.45, 7) is 1.09. The summed E-state index contributed by atoms with van der Waals surface area (Å²) < 4.78 is 10.5. The van der Waals surface area contributed by atoms with Crippen molar-refractivity contribution < 1.29 is 19.1 Å². The summed E-state index contributed by atoms with van der Waals surface area (Å²) in [6.07, 6.45) is 3.24. The van der Waals surface area contributed by atoms with Crippen LogP contribution >= 0.6 is 0 Å². The summed E-state index contributed by atoms with van der Waals surface area (Å²) in [5, 5.41) is 2.86. The van der Waals surface area contributed by atoms with Gasteiger partial charge in [-0.3, -0.25) is 9.59 Å². The lowest BCUT2D eigenvalue weighted by molar-refractivity contribution is -0.121. The third-order valence-electron chi connectivity index (χ3n) is 5.16. The molecule has 2 aromatic rings. The average molecular weight is 396 g/mol. The van der Waals surface area contributed by atoms with Gasteiger partial charge in [0.1, 0.15) is 0 Å². The van der Waals surface area contributed by atoms with Crippen LogP contribution in [0.3, 0.4) is 0 Å². The molecule has 6 nitrogen and oxygen atoms in total. The van der Waals surface area contributed by atoms with Gasteiger partial charge >= 0.3 is 0 Å². The Morgan fingerprint density at radius 2 is 1.83 bits per heavy atom. The number of hydrogen-bond acceptors (Lipinski definition) is 4. The van der Waals surface area contributed by atoms with Crippen LogP contribution in [0.5, 0.6) is 11.5 Å². The van der Waals surface area contributed by atoms with Crippen LogP contribution in [-0.2, 0) is 22.4 Å². The number of benzene rings is 2. The zero-order valence-corrected chi connectivity index (χ0v) is 17.1. The first-order chi connectivity index (χ1) is 14.1. The molecule has 3 rings (SSSR count). The Labute approximate surface area is 171 Å². The second kappa shape index (κ2) is 9.96. The van der Waals surface area contributed by atoms with Gasteiger partial charge in [-0.1, -0.05) is 24.3 Å². The average Bonchev–Trinajstić information content (AvgIpc) is 2.76. The van der Waals surface area contributed by atoms with Crippen molar-refractivity contribution in [2.75, 3.05) is 32.2 Å². The van der Waals surface area contributed by atoms with Gasteiger partial charge in [0.05, 0.1) is 14.2 Å². The predicted octanol–water partition coefficient (Wildman–Crippen LogP) is 3.12. The fourth-order valence-corrected chi connectivity index (χ4v) is 3.62. The summed E-state index contributed by atoms with van der Waals surface area (Å²) in [4.78, 5) is 26.6. The molecule has 0 fully saturated rings. The molecule has 0 saturated heterocycles. The summed E-state index contributed by atoms with van der Waals surface area (Å²) in [7, 11) is 3.18. The van der Waals surface area contributed by atoms with Gasteiger partial charge in [-0.05, 0) is 48.6 Å². The number of aryl methyl sites for hydroxylation is 2. The third kappa shape index (κ3) is 5.28. The maximum atomic E-state index is 12.6. The van der Waals surface area contributed by atoms with E-state index >= 15 is 0 Å². The molecule has 0 bridgehead atoms. The number of rotatable bonds is 8. The van der Waals surface area contributed by atoms with E-state index in [0.29, 0.717) is 37.3 Å². The van der Waals surface area contributed by atoms with E-state index in [9.17, 15) is 9.59 Å². The second-order valence-corrected chi connectivity index (χ2v) is 7.07. The smallest absolute Gasteiger partial charge is 0.228 e. The van der Waals surface area contributed by atoms with Gasteiger partial charge in [0, 0.05) is 31.6 Å². The van der Waals surface area contributed by atoms with Gasteiger partial charge < -0.3 is 19.7 Å². The van der Waals surface area contributed by atoms with Gasteiger partial charge in [0.2, 0.25) is 11.8 Å². The number of para-hydroxylation sites is 1. The Bertz CT molecular complexity index is 866. The molecule has 0 aromatic heterocycles. The number of anilines is 1. The standard InChI is InChI=1S/C23H28N2O4/c1-28-20-11-9-17(16-21(20)29-2)10-12-22(26)24-14-13-23(27)25-15-5-7-18-6-3-4-8-19(18)25/h3-4,6,8-9,11,16H,5,7,10,12-15H2,1-2H3,(H,24,26). The Balaban J connectivity index is 1.44. The molecule has 2 amide bonds. The Morgan fingerprint density at radius 1 is 1.03 bits per heavy atom. The van der Waals surface area contributed by atoms with Crippen molar-refractivity contribution in [1.29, 1.82) is 0 Å². The van der Waals surface area contributed by atoms with Gasteiger partial charge in [0.25, 0.3) is 0 Å². The number of carbonyl (C=O) groups is 2. The molecule has 0 atom stereocenters. The van der Waals surface area contributed by atoms with E-state index < -0.39 is 0 Å². The highest BCUT2D eigenvalue weighted by atomic mass is 16.5.